The first-order valence-corrected chi connectivity index (χ1v) is 6.34. The molecule has 2 heterocycles. The maximum Gasteiger partial charge on any atom is 0.322 e. The number of amides is 3. The molecule has 0 aliphatic carbocycles. The number of benzene rings is 1. The molecule has 2 N–H and O–H groups in total. The van der Waals surface area contributed by atoms with Gasteiger partial charge in [-0.15, -0.1) is 11.3 Å². The number of halogens is 1. The van der Waals surface area contributed by atoms with E-state index in [0.717, 1.165) is 5.56 Å². The molecular formula is C12H8FN3O2S. The lowest BCUT2D eigenvalue weighted by Gasteiger charge is -2.01. The van der Waals surface area contributed by atoms with E-state index < -0.39 is 18.0 Å². The van der Waals surface area contributed by atoms with Gasteiger partial charge in [-0.05, 0) is 24.3 Å². The third-order valence-electron chi connectivity index (χ3n) is 2.68. The van der Waals surface area contributed by atoms with Gasteiger partial charge in [-0.25, -0.2) is 14.2 Å². The fourth-order valence-corrected chi connectivity index (χ4v) is 2.64. The van der Waals surface area contributed by atoms with Gasteiger partial charge in [-0.3, -0.25) is 10.1 Å². The lowest BCUT2D eigenvalue weighted by Crippen LogP contribution is -2.22. The van der Waals surface area contributed by atoms with Crippen molar-refractivity contribution in [1.29, 1.82) is 0 Å². The summed E-state index contributed by atoms with van der Waals surface area (Å²) in [4.78, 5) is 26.8. The van der Waals surface area contributed by atoms with Crippen LogP contribution in [0.3, 0.4) is 0 Å². The van der Waals surface area contributed by atoms with Crippen LogP contribution in [-0.2, 0) is 4.79 Å². The minimum absolute atomic E-state index is 0.318. The Morgan fingerprint density at radius 2 is 1.95 bits per heavy atom. The normalized spacial score (nSPS) is 18.3. The lowest BCUT2D eigenvalue weighted by molar-refractivity contribution is -0.120. The van der Waals surface area contributed by atoms with Crippen LogP contribution >= 0.6 is 11.3 Å². The SMILES string of the molecule is O=C1NC(=O)C(c2nc(-c3ccc(F)cc3)cs2)N1. The van der Waals surface area contributed by atoms with Crippen LogP contribution in [0.2, 0.25) is 0 Å². The number of thiazole rings is 1. The van der Waals surface area contributed by atoms with E-state index in [-0.39, 0.29) is 5.82 Å². The number of hydrogen-bond acceptors (Lipinski definition) is 4. The number of nitrogens with one attached hydrogen (secondary N) is 2. The van der Waals surface area contributed by atoms with Crippen molar-refractivity contribution < 1.29 is 14.0 Å². The van der Waals surface area contributed by atoms with Crippen LogP contribution in [0.15, 0.2) is 29.6 Å². The summed E-state index contributed by atoms with van der Waals surface area (Å²) in [7, 11) is 0. The molecule has 96 valence electrons. The van der Waals surface area contributed by atoms with Crippen molar-refractivity contribution >= 4 is 23.3 Å². The van der Waals surface area contributed by atoms with Crippen molar-refractivity contribution in [2.45, 2.75) is 6.04 Å². The summed E-state index contributed by atoms with van der Waals surface area (Å²) in [5, 5.41) is 6.90. The molecule has 19 heavy (non-hydrogen) atoms. The first kappa shape index (κ1) is 11.8. The molecule has 3 amide bonds. The number of aromatic nitrogens is 1. The Balaban J connectivity index is 1.89. The first-order chi connectivity index (χ1) is 9.13. The highest BCUT2D eigenvalue weighted by Crippen LogP contribution is 2.26. The smallest absolute Gasteiger partial charge is 0.320 e. The van der Waals surface area contributed by atoms with E-state index in [2.05, 4.69) is 15.6 Å². The Kier molecular flexibility index (Phi) is 2.75. The molecule has 1 unspecified atom stereocenters. The highest BCUT2D eigenvalue weighted by molar-refractivity contribution is 7.10. The quantitative estimate of drug-likeness (QED) is 0.823. The molecule has 1 fully saturated rings. The number of carbonyl (C=O) groups excluding carboxylic acids is 2. The second-order valence-electron chi connectivity index (χ2n) is 3.97. The fraction of sp³-hybridized carbons (Fsp3) is 0.0833. The molecule has 2 aromatic rings. The molecule has 1 aliphatic heterocycles. The molecular weight excluding hydrogens is 269 g/mol. The highest BCUT2D eigenvalue weighted by atomic mass is 32.1. The van der Waals surface area contributed by atoms with E-state index in [4.69, 9.17) is 0 Å². The molecule has 7 heteroatoms. The molecule has 3 rings (SSSR count). The Bertz CT molecular complexity index is 653. The summed E-state index contributed by atoms with van der Waals surface area (Å²) in [6.45, 7) is 0. The Labute approximate surface area is 111 Å². The third kappa shape index (κ3) is 2.19. The molecule has 1 aliphatic rings. The van der Waals surface area contributed by atoms with Gasteiger partial charge < -0.3 is 5.32 Å². The zero-order chi connectivity index (χ0) is 13.4. The number of carbonyl (C=O) groups is 2. The summed E-state index contributed by atoms with van der Waals surface area (Å²) in [5.74, 6) is -0.730. The van der Waals surface area contributed by atoms with Gasteiger partial charge in [0.1, 0.15) is 10.8 Å². The van der Waals surface area contributed by atoms with E-state index in [1.54, 1.807) is 17.5 Å². The van der Waals surface area contributed by atoms with Crippen LogP contribution in [0.4, 0.5) is 9.18 Å². The van der Waals surface area contributed by atoms with Crippen molar-refractivity contribution in [3.8, 4) is 11.3 Å². The molecule has 0 spiro atoms. The van der Waals surface area contributed by atoms with Crippen LogP contribution < -0.4 is 10.6 Å². The minimum Gasteiger partial charge on any atom is -0.320 e. The fourth-order valence-electron chi connectivity index (χ4n) is 1.76. The lowest BCUT2D eigenvalue weighted by atomic mass is 10.2. The van der Waals surface area contributed by atoms with Crippen molar-refractivity contribution in [2.24, 2.45) is 0 Å². The minimum atomic E-state index is -0.744. The molecule has 0 radical (unpaired) electrons. The predicted octanol–water partition coefficient (Wildman–Crippen LogP) is 1.83. The number of hydrogen-bond donors (Lipinski definition) is 2. The van der Waals surface area contributed by atoms with E-state index >= 15 is 0 Å². The first-order valence-electron chi connectivity index (χ1n) is 5.46. The molecule has 1 aromatic heterocycles. The Hall–Kier alpha value is -2.28. The van der Waals surface area contributed by atoms with Crippen molar-refractivity contribution in [1.82, 2.24) is 15.6 Å². The summed E-state index contributed by atoms with van der Waals surface area (Å²) in [6, 6.07) is 4.65. The molecule has 1 atom stereocenters. The van der Waals surface area contributed by atoms with Crippen LogP contribution in [0, 0.1) is 5.82 Å². The molecule has 1 aromatic carbocycles. The van der Waals surface area contributed by atoms with Gasteiger partial charge in [0.05, 0.1) is 5.69 Å². The largest absolute Gasteiger partial charge is 0.322 e. The topological polar surface area (TPSA) is 71.1 Å². The highest BCUT2D eigenvalue weighted by Gasteiger charge is 2.33. The van der Waals surface area contributed by atoms with Gasteiger partial charge in [-0.2, -0.15) is 0 Å². The Morgan fingerprint density at radius 1 is 1.21 bits per heavy atom. The summed E-state index contributed by atoms with van der Waals surface area (Å²) < 4.78 is 12.8. The van der Waals surface area contributed by atoms with Gasteiger partial charge >= 0.3 is 6.03 Å². The summed E-state index contributed by atoms with van der Waals surface area (Å²) >= 11 is 1.27. The van der Waals surface area contributed by atoms with E-state index in [9.17, 15) is 14.0 Å². The van der Waals surface area contributed by atoms with E-state index in [1.165, 1.54) is 23.5 Å². The standard InChI is InChI=1S/C12H8FN3O2S/c13-7-3-1-6(2-4-7)8-5-19-11(14-8)9-10(17)16-12(18)15-9/h1-5,9H,(H2,15,16,17,18). The van der Waals surface area contributed by atoms with Crippen LogP contribution in [-0.4, -0.2) is 16.9 Å². The van der Waals surface area contributed by atoms with Crippen molar-refractivity contribution in [3.05, 3.63) is 40.5 Å². The van der Waals surface area contributed by atoms with E-state index in [0.29, 0.717) is 10.7 Å². The molecule has 5 nitrogen and oxygen atoms in total. The van der Waals surface area contributed by atoms with Gasteiger partial charge in [0, 0.05) is 10.9 Å². The predicted molar refractivity (Wildman–Crippen MR) is 66.9 cm³/mol. The second kappa shape index (κ2) is 4.43. The zero-order valence-corrected chi connectivity index (χ0v) is 10.3. The van der Waals surface area contributed by atoms with Gasteiger partial charge in [0.25, 0.3) is 5.91 Å². The molecule has 0 saturated carbocycles. The maximum absolute atomic E-state index is 12.8. The molecule has 1 saturated heterocycles. The van der Waals surface area contributed by atoms with Crippen LogP contribution in [0.1, 0.15) is 11.0 Å². The van der Waals surface area contributed by atoms with Crippen LogP contribution in [0.5, 0.6) is 0 Å². The number of nitrogens with zero attached hydrogens (tertiary/aromatic N) is 1. The van der Waals surface area contributed by atoms with Gasteiger partial charge in [0.15, 0.2) is 6.04 Å². The Morgan fingerprint density at radius 3 is 2.58 bits per heavy atom. The average Bonchev–Trinajstić information content (AvgIpc) is 2.97. The van der Waals surface area contributed by atoms with Gasteiger partial charge in [0.2, 0.25) is 0 Å². The third-order valence-corrected chi connectivity index (χ3v) is 3.59. The number of rotatable bonds is 2. The summed E-state index contributed by atoms with van der Waals surface area (Å²) in [6.07, 6.45) is 0. The number of imide groups is 1. The van der Waals surface area contributed by atoms with Gasteiger partial charge in [-0.1, -0.05) is 0 Å². The van der Waals surface area contributed by atoms with Crippen molar-refractivity contribution in [2.75, 3.05) is 0 Å². The van der Waals surface area contributed by atoms with Crippen molar-refractivity contribution in [3.63, 3.8) is 0 Å². The monoisotopic (exact) mass is 277 g/mol. The average molecular weight is 277 g/mol. The summed E-state index contributed by atoms with van der Waals surface area (Å²) in [5.41, 5.74) is 1.41. The maximum atomic E-state index is 12.8. The molecule has 0 bridgehead atoms. The van der Waals surface area contributed by atoms with Crippen LogP contribution in [0.25, 0.3) is 11.3 Å². The van der Waals surface area contributed by atoms with E-state index in [1.807, 2.05) is 0 Å². The zero-order valence-electron chi connectivity index (χ0n) is 9.51. The number of urea groups is 1. The second-order valence-corrected chi connectivity index (χ2v) is 4.86.